The Kier molecular flexibility index (Phi) is 5.41. The molecule has 0 bridgehead atoms. The third-order valence-electron chi connectivity index (χ3n) is 5.56. The van der Waals surface area contributed by atoms with Crippen LogP contribution in [0.5, 0.6) is 0 Å². The van der Waals surface area contributed by atoms with Crippen LogP contribution in [0.1, 0.15) is 71.7 Å². The molecule has 4 rings (SSSR count). The number of benzene rings is 1. The van der Waals surface area contributed by atoms with E-state index in [9.17, 15) is 14.0 Å². The number of hydrogen-bond acceptors (Lipinski definition) is 3. The van der Waals surface area contributed by atoms with Crippen molar-refractivity contribution >= 4 is 17.5 Å². The summed E-state index contributed by atoms with van der Waals surface area (Å²) in [6, 6.07) is 5.93. The second kappa shape index (κ2) is 8.12. The van der Waals surface area contributed by atoms with Crippen LogP contribution in [-0.4, -0.2) is 27.4 Å². The SMILES string of the molecule is O=C(NC1CCCCC1)c1nc(C(=O)Nc2cccc(F)c2)n2c1CCCC2. The van der Waals surface area contributed by atoms with Gasteiger partial charge in [0.15, 0.2) is 5.82 Å². The highest BCUT2D eigenvalue weighted by Crippen LogP contribution is 2.23. The van der Waals surface area contributed by atoms with Crippen molar-refractivity contribution in [2.75, 3.05) is 5.32 Å². The molecule has 0 saturated heterocycles. The van der Waals surface area contributed by atoms with E-state index in [0.717, 1.165) is 50.6 Å². The van der Waals surface area contributed by atoms with Crippen molar-refractivity contribution in [2.24, 2.45) is 0 Å². The summed E-state index contributed by atoms with van der Waals surface area (Å²) in [7, 11) is 0. The van der Waals surface area contributed by atoms with Gasteiger partial charge >= 0.3 is 0 Å². The van der Waals surface area contributed by atoms with Gasteiger partial charge in [0.25, 0.3) is 11.8 Å². The lowest BCUT2D eigenvalue weighted by Gasteiger charge is -2.23. The lowest BCUT2D eigenvalue weighted by Crippen LogP contribution is -2.37. The maximum absolute atomic E-state index is 13.4. The van der Waals surface area contributed by atoms with Crippen molar-refractivity contribution in [3.05, 3.63) is 47.3 Å². The number of amides is 2. The molecule has 6 nitrogen and oxygen atoms in total. The molecule has 2 aromatic rings. The van der Waals surface area contributed by atoms with Crippen LogP contribution >= 0.6 is 0 Å². The van der Waals surface area contributed by atoms with E-state index < -0.39 is 11.7 Å². The van der Waals surface area contributed by atoms with E-state index >= 15 is 0 Å². The van der Waals surface area contributed by atoms with Crippen molar-refractivity contribution in [1.29, 1.82) is 0 Å². The van der Waals surface area contributed by atoms with Gasteiger partial charge in [0.1, 0.15) is 11.5 Å². The van der Waals surface area contributed by atoms with Gasteiger partial charge in [-0.15, -0.1) is 0 Å². The predicted molar refractivity (Wildman–Crippen MR) is 104 cm³/mol. The van der Waals surface area contributed by atoms with Crippen LogP contribution in [0, 0.1) is 5.82 Å². The van der Waals surface area contributed by atoms with Gasteiger partial charge in [-0.25, -0.2) is 9.37 Å². The molecular formula is C21H25FN4O2. The van der Waals surface area contributed by atoms with Crippen LogP contribution < -0.4 is 10.6 Å². The van der Waals surface area contributed by atoms with Gasteiger partial charge in [-0.1, -0.05) is 25.3 Å². The normalized spacial score (nSPS) is 17.0. The van der Waals surface area contributed by atoms with Crippen molar-refractivity contribution in [1.82, 2.24) is 14.9 Å². The topological polar surface area (TPSA) is 76.0 Å². The average molecular weight is 384 g/mol. The molecule has 1 aliphatic heterocycles. The predicted octanol–water partition coefficient (Wildman–Crippen LogP) is 3.67. The fourth-order valence-corrected chi connectivity index (χ4v) is 4.15. The molecule has 2 aliphatic rings. The molecule has 2 amide bonds. The number of rotatable bonds is 4. The number of hydrogen-bond donors (Lipinski definition) is 2. The third kappa shape index (κ3) is 3.93. The molecule has 0 unspecified atom stereocenters. The lowest BCUT2D eigenvalue weighted by atomic mass is 9.95. The Hall–Kier alpha value is -2.70. The highest BCUT2D eigenvalue weighted by atomic mass is 19.1. The summed E-state index contributed by atoms with van der Waals surface area (Å²) in [6.45, 7) is 0.658. The van der Waals surface area contributed by atoms with Crippen molar-refractivity contribution in [2.45, 2.75) is 64.0 Å². The molecule has 2 N–H and O–H groups in total. The van der Waals surface area contributed by atoms with E-state index in [4.69, 9.17) is 0 Å². The maximum atomic E-state index is 13.4. The summed E-state index contributed by atoms with van der Waals surface area (Å²) in [5, 5.41) is 5.79. The number of carbonyl (C=O) groups is 2. The molecule has 1 saturated carbocycles. The lowest BCUT2D eigenvalue weighted by molar-refractivity contribution is 0.0921. The molecule has 148 valence electrons. The molecule has 2 heterocycles. The summed E-state index contributed by atoms with van der Waals surface area (Å²) >= 11 is 0. The first kappa shape index (κ1) is 18.7. The average Bonchev–Trinajstić information content (AvgIpc) is 3.09. The van der Waals surface area contributed by atoms with E-state index in [2.05, 4.69) is 15.6 Å². The smallest absolute Gasteiger partial charge is 0.291 e. The van der Waals surface area contributed by atoms with E-state index in [1.54, 1.807) is 6.07 Å². The van der Waals surface area contributed by atoms with Crippen LogP contribution in [0.4, 0.5) is 10.1 Å². The summed E-state index contributed by atoms with van der Waals surface area (Å²) in [5.41, 5.74) is 1.55. The van der Waals surface area contributed by atoms with Crippen LogP contribution in [0.2, 0.25) is 0 Å². The summed E-state index contributed by atoms with van der Waals surface area (Å²) in [4.78, 5) is 30.1. The molecule has 1 aromatic carbocycles. The fraction of sp³-hybridized carbons (Fsp3) is 0.476. The molecule has 1 fully saturated rings. The zero-order valence-electron chi connectivity index (χ0n) is 15.8. The van der Waals surface area contributed by atoms with Gasteiger partial charge in [0.05, 0.1) is 5.69 Å². The van der Waals surface area contributed by atoms with Gasteiger partial charge in [-0.2, -0.15) is 0 Å². The van der Waals surface area contributed by atoms with Gasteiger partial charge in [0.2, 0.25) is 0 Å². The van der Waals surface area contributed by atoms with Gasteiger partial charge < -0.3 is 15.2 Å². The summed E-state index contributed by atoms with van der Waals surface area (Å²) < 4.78 is 15.2. The van der Waals surface area contributed by atoms with Gasteiger partial charge in [-0.05, 0) is 50.3 Å². The first-order valence-electron chi connectivity index (χ1n) is 10.1. The quantitative estimate of drug-likeness (QED) is 0.844. The van der Waals surface area contributed by atoms with Crippen LogP contribution in [-0.2, 0) is 13.0 Å². The standard InChI is InChI=1S/C21H25FN4O2/c22-14-7-6-10-16(13-14)24-21(28)19-25-18(17-11-4-5-12-26(17)19)20(27)23-15-8-2-1-3-9-15/h6-7,10,13,15H,1-5,8-9,11-12H2,(H,23,27)(H,24,28). The van der Waals surface area contributed by atoms with Crippen molar-refractivity contribution in [3.8, 4) is 0 Å². The summed E-state index contributed by atoms with van der Waals surface area (Å²) in [6.07, 6.45) is 8.11. The molecule has 0 atom stereocenters. The number of imidazole rings is 1. The zero-order chi connectivity index (χ0) is 19.5. The Morgan fingerprint density at radius 2 is 1.89 bits per heavy atom. The fourth-order valence-electron chi connectivity index (χ4n) is 4.15. The maximum Gasteiger partial charge on any atom is 0.291 e. The van der Waals surface area contributed by atoms with E-state index in [1.807, 2.05) is 4.57 Å². The monoisotopic (exact) mass is 384 g/mol. The van der Waals surface area contributed by atoms with Crippen LogP contribution in [0.15, 0.2) is 24.3 Å². The highest BCUT2D eigenvalue weighted by Gasteiger charge is 2.28. The first-order valence-corrected chi connectivity index (χ1v) is 10.1. The molecule has 0 radical (unpaired) electrons. The Morgan fingerprint density at radius 1 is 1.07 bits per heavy atom. The van der Waals surface area contributed by atoms with Crippen molar-refractivity contribution in [3.63, 3.8) is 0 Å². The van der Waals surface area contributed by atoms with E-state index in [1.165, 1.54) is 24.6 Å². The molecule has 7 heteroatoms. The molecule has 1 aromatic heterocycles. The van der Waals surface area contributed by atoms with Gasteiger partial charge in [-0.3, -0.25) is 9.59 Å². The molecular weight excluding hydrogens is 359 g/mol. The van der Waals surface area contributed by atoms with Crippen LogP contribution in [0.3, 0.4) is 0 Å². The Balaban J connectivity index is 1.57. The Bertz CT molecular complexity index is 887. The first-order chi connectivity index (χ1) is 13.6. The number of halogens is 1. The highest BCUT2D eigenvalue weighted by molar-refractivity contribution is 6.03. The minimum absolute atomic E-state index is 0.187. The molecule has 28 heavy (non-hydrogen) atoms. The van der Waals surface area contributed by atoms with Crippen LogP contribution in [0.25, 0.3) is 0 Å². The Morgan fingerprint density at radius 3 is 2.68 bits per heavy atom. The Labute approximate surface area is 163 Å². The third-order valence-corrected chi connectivity index (χ3v) is 5.56. The molecule has 1 aliphatic carbocycles. The van der Waals surface area contributed by atoms with E-state index in [0.29, 0.717) is 17.9 Å². The number of carbonyl (C=O) groups excluding carboxylic acids is 2. The minimum atomic E-state index is -0.425. The van der Waals surface area contributed by atoms with Crippen molar-refractivity contribution < 1.29 is 14.0 Å². The number of nitrogens with zero attached hydrogens (tertiary/aromatic N) is 2. The molecule has 0 spiro atoms. The number of fused-ring (bicyclic) bond motifs is 1. The number of nitrogens with one attached hydrogen (secondary N) is 2. The van der Waals surface area contributed by atoms with E-state index in [-0.39, 0.29) is 17.8 Å². The second-order valence-electron chi connectivity index (χ2n) is 7.61. The minimum Gasteiger partial charge on any atom is -0.348 e. The number of anilines is 1. The van der Waals surface area contributed by atoms with Gasteiger partial charge in [0, 0.05) is 18.3 Å². The largest absolute Gasteiger partial charge is 0.348 e. The second-order valence-corrected chi connectivity index (χ2v) is 7.61. The summed E-state index contributed by atoms with van der Waals surface area (Å²) in [5.74, 6) is -0.823. The number of aromatic nitrogens is 2. The zero-order valence-corrected chi connectivity index (χ0v) is 15.8.